The number of aliphatic carboxylic acids is 1. The zero-order chi connectivity index (χ0) is 16.8. The molecule has 0 unspecified atom stereocenters. The van der Waals surface area contributed by atoms with E-state index in [1.54, 1.807) is 17.6 Å². The Kier molecular flexibility index (Phi) is 8.15. The summed E-state index contributed by atoms with van der Waals surface area (Å²) in [6.45, 7) is 7.09. The number of carboxylic acids is 1. The van der Waals surface area contributed by atoms with E-state index in [1.807, 2.05) is 26.0 Å². The topological polar surface area (TPSA) is 50.4 Å². The molecule has 2 rings (SSSR count). The second-order valence-electron chi connectivity index (χ2n) is 5.36. The molecule has 1 N–H and O–H groups in total. The Bertz CT molecular complexity index is 765. The third-order valence-electron chi connectivity index (χ3n) is 3.36. The van der Waals surface area contributed by atoms with Gasteiger partial charge in [0, 0.05) is 12.1 Å². The molecule has 6 heteroatoms. The van der Waals surface area contributed by atoms with Gasteiger partial charge in [-0.15, -0.1) is 0 Å². The van der Waals surface area contributed by atoms with Crippen LogP contribution in [0, 0.1) is 6.92 Å². The predicted octanol–water partition coefficient (Wildman–Crippen LogP) is 0.929. The average molecular weight is 412 g/mol. The number of benzene rings is 1. The maximum atomic E-state index is 10.9. The Labute approximate surface area is 156 Å². The molecule has 0 aliphatic rings. The van der Waals surface area contributed by atoms with Crippen LogP contribution >= 0.6 is 11.3 Å². The van der Waals surface area contributed by atoms with Gasteiger partial charge in [-0.3, -0.25) is 4.79 Å². The molecule has 0 aliphatic heterocycles. The molecule has 24 heavy (non-hydrogen) atoms. The molecule has 0 saturated heterocycles. The molecular formula is C18H22BrNO3S. The highest BCUT2D eigenvalue weighted by atomic mass is 79.9. The second kappa shape index (κ2) is 9.59. The van der Waals surface area contributed by atoms with Gasteiger partial charge in [0.2, 0.25) is 5.52 Å². The molecule has 130 valence electrons. The standard InChI is InChI=1S/C18H21NO3S.BrH/c1-4-22-12-14(3)6-8-17-19(10-9-18(20)21)15-7-5-13(2)11-16(15)23-17;/h5-8,11-12H,4,9-10H2,1-3H3;1H/b8-6+,14-12+;. The number of allylic oxidation sites excluding steroid dienone is 2. The minimum Gasteiger partial charge on any atom is -1.00 e. The molecule has 1 heterocycles. The van der Waals surface area contributed by atoms with Crippen LogP contribution in [0.4, 0.5) is 0 Å². The van der Waals surface area contributed by atoms with E-state index in [0.29, 0.717) is 13.2 Å². The van der Waals surface area contributed by atoms with Crippen molar-refractivity contribution in [1.29, 1.82) is 0 Å². The lowest BCUT2D eigenvalue weighted by molar-refractivity contribution is -0.667. The van der Waals surface area contributed by atoms with Gasteiger partial charge in [0.15, 0.2) is 6.54 Å². The van der Waals surface area contributed by atoms with Crippen molar-refractivity contribution in [2.75, 3.05) is 6.61 Å². The number of aryl methyl sites for hydroxylation is 2. The van der Waals surface area contributed by atoms with Crippen LogP contribution in [0.2, 0.25) is 0 Å². The highest BCUT2D eigenvalue weighted by molar-refractivity contribution is 7.18. The van der Waals surface area contributed by atoms with Crippen molar-refractivity contribution in [1.82, 2.24) is 0 Å². The fourth-order valence-corrected chi connectivity index (χ4v) is 3.42. The van der Waals surface area contributed by atoms with Gasteiger partial charge in [0.25, 0.3) is 5.01 Å². The van der Waals surface area contributed by atoms with Crippen molar-refractivity contribution in [3.8, 4) is 0 Å². The van der Waals surface area contributed by atoms with E-state index in [1.165, 1.54) is 10.3 Å². The van der Waals surface area contributed by atoms with Crippen molar-refractivity contribution in [3.05, 3.63) is 46.7 Å². The molecule has 0 amide bonds. The Hall–Kier alpha value is -1.66. The second-order valence-corrected chi connectivity index (χ2v) is 6.42. The fraction of sp³-hybridized carbons (Fsp3) is 0.333. The summed E-state index contributed by atoms with van der Waals surface area (Å²) in [6.07, 6.45) is 5.85. The van der Waals surface area contributed by atoms with E-state index in [2.05, 4.69) is 29.7 Å². The first-order valence-corrected chi connectivity index (χ1v) is 8.44. The van der Waals surface area contributed by atoms with E-state index >= 15 is 0 Å². The van der Waals surface area contributed by atoms with Crippen molar-refractivity contribution < 1.29 is 36.2 Å². The minimum absolute atomic E-state index is 0. The number of thiazole rings is 1. The number of carboxylic acid groups (broad SMARTS) is 1. The molecule has 2 aromatic rings. The summed E-state index contributed by atoms with van der Waals surface area (Å²) in [4.78, 5) is 10.9. The maximum absolute atomic E-state index is 10.9. The number of hydrogen-bond donors (Lipinski definition) is 1. The smallest absolute Gasteiger partial charge is 0.309 e. The van der Waals surface area contributed by atoms with Crippen LogP contribution in [-0.4, -0.2) is 17.7 Å². The molecule has 0 spiro atoms. The lowest BCUT2D eigenvalue weighted by atomic mass is 10.2. The predicted molar refractivity (Wildman–Crippen MR) is 93.4 cm³/mol. The molecule has 0 radical (unpaired) electrons. The Morgan fingerprint density at radius 1 is 1.42 bits per heavy atom. The summed E-state index contributed by atoms with van der Waals surface area (Å²) in [6, 6.07) is 6.25. The number of ether oxygens (including phenoxy) is 1. The summed E-state index contributed by atoms with van der Waals surface area (Å²) in [5.74, 6) is -0.786. The normalized spacial score (nSPS) is 11.7. The van der Waals surface area contributed by atoms with Crippen LogP contribution in [0.25, 0.3) is 16.3 Å². The molecular weight excluding hydrogens is 390 g/mol. The van der Waals surface area contributed by atoms with Gasteiger partial charge in [-0.05, 0) is 44.1 Å². The van der Waals surface area contributed by atoms with E-state index in [-0.39, 0.29) is 23.4 Å². The quantitative estimate of drug-likeness (QED) is 0.418. The molecule has 1 aromatic heterocycles. The lowest BCUT2D eigenvalue weighted by Crippen LogP contribution is -3.00. The Morgan fingerprint density at radius 2 is 2.17 bits per heavy atom. The van der Waals surface area contributed by atoms with Crippen LogP contribution in [0.3, 0.4) is 0 Å². The average Bonchev–Trinajstić information content (AvgIpc) is 2.85. The zero-order valence-corrected chi connectivity index (χ0v) is 16.5. The summed E-state index contributed by atoms with van der Waals surface area (Å²) < 4.78 is 8.51. The fourth-order valence-electron chi connectivity index (χ4n) is 2.23. The molecule has 0 atom stereocenters. The number of carbonyl (C=O) groups is 1. The number of rotatable bonds is 7. The monoisotopic (exact) mass is 411 g/mol. The van der Waals surface area contributed by atoms with E-state index in [4.69, 9.17) is 9.84 Å². The largest absolute Gasteiger partial charge is 1.00 e. The van der Waals surface area contributed by atoms with Gasteiger partial charge in [-0.2, -0.15) is 4.57 Å². The third-order valence-corrected chi connectivity index (χ3v) is 4.47. The number of aromatic nitrogens is 1. The Morgan fingerprint density at radius 3 is 2.83 bits per heavy atom. The van der Waals surface area contributed by atoms with Gasteiger partial charge in [0.1, 0.15) is 11.1 Å². The van der Waals surface area contributed by atoms with Crippen molar-refractivity contribution in [3.63, 3.8) is 0 Å². The third kappa shape index (κ3) is 5.46. The molecule has 1 aromatic carbocycles. The first-order chi connectivity index (χ1) is 11.0. The summed E-state index contributed by atoms with van der Waals surface area (Å²) in [5, 5.41) is 10.0. The zero-order valence-electron chi connectivity index (χ0n) is 14.1. The van der Waals surface area contributed by atoms with Crippen molar-refractivity contribution in [2.45, 2.75) is 33.7 Å². The van der Waals surface area contributed by atoms with Crippen LogP contribution in [0.5, 0.6) is 0 Å². The number of halogens is 1. The van der Waals surface area contributed by atoms with E-state index in [9.17, 15) is 4.79 Å². The molecule has 4 nitrogen and oxygen atoms in total. The van der Waals surface area contributed by atoms with Crippen molar-refractivity contribution in [2.24, 2.45) is 0 Å². The summed E-state index contributed by atoms with van der Waals surface area (Å²) >= 11 is 1.67. The van der Waals surface area contributed by atoms with Crippen LogP contribution in [0.1, 0.15) is 30.8 Å². The van der Waals surface area contributed by atoms with Gasteiger partial charge >= 0.3 is 5.97 Å². The highest BCUT2D eigenvalue weighted by Crippen LogP contribution is 2.23. The number of fused-ring (bicyclic) bond motifs is 1. The minimum atomic E-state index is -0.786. The first kappa shape index (κ1) is 20.4. The highest BCUT2D eigenvalue weighted by Gasteiger charge is 2.19. The van der Waals surface area contributed by atoms with E-state index < -0.39 is 5.97 Å². The lowest BCUT2D eigenvalue weighted by Gasteiger charge is -1.96. The van der Waals surface area contributed by atoms with Crippen LogP contribution in [0.15, 0.2) is 36.1 Å². The first-order valence-electron chi connectivity index (χ1n) is 7.62. The Balaban J connectivity index is 0.00000288. The van der Waals surface area contributed by atoms with Crippen molar-refractivity contribution >= 4 is 33.6 Å². The van der Waals surface area contributed by atoms with Gasteiger partial charge in [-0.25, -0.2) is 0 Å². The SMILES string of the molecule is CCO/C=C(C)/C=C/c1sc2cc(C)ccc2[n+]1CCC(=O)O.[Br-]. The van der Waals surface area contributed by atoms with Gasteiger partial charge < -0.3 is 26.8 Å². The van der Waals surface area contributed by atoms with Crippen LogP contribution in [-0.2, 0) is 16.1 Å². The molecule has 0 aliphatic carbocycles. The molecule has 0 bridgehead atoms. The molecule has 0 saturated carbocycles. The van der Waals surface area contributed by atoms with Crippen LogP contribution < -0.4 is 21.5 Å². The summed E-state index contributed by atoms with van der Waals surface area (Å²) in [5.41, 5.74) is 3.30. The number of nitrogens with zero attached hydrogens (tertiary/aromatic N) is 1. The summed E-state index contributed by atoms with van der Waals surface area (Å²) in [7, 11) is 0. The number of hydrogen-bond acceptors (Lipinski definition) is 3. The van der Waals surface area contributed by atoms with Gasteiger partial charge in [-0.1, -0.05) is 17.4 Å². The van der Waals surface area contributed by atoms with E-state index in [0.717, 1.165) is 16.1 Å². The van der Waals surface area contributed by atoms with Gasteiger partial charge in [0.05, 0.1) is 12.9 Å². The molecule has 0 fully saturated rings. The maximum Gasteiger partial charge on any atom is 0.309 e.